The van der Waals surface area contributed by atoms with Crippen LogP contribution < -0.4 is 15.2 Å². The summed E-state index contributed by atoms with van der Waals surface area (Å²) in [6, 6.07) is 2.90. The highest BCUT2D eigenvalue weighted by atomic mass is 35.5. The maximum Gasteiger partial charge on any atom is 0.282 e. The Morgan fingerprint density at radius 1 is 1.07 bits per heavy atom. The summed E-state index contributed by atoms with van der Waals surface area (Å²) in [5.74, 6) is -0.650. The second kappa shape index (κ2) is 9.38. The Labute approximate surface area is 180 Å². The van der Waals surface area contributed by atoms with E-state index in [4.69, 9.17) is 26.8 Å². The van der Waals surface area contributed by atoms with Crippen molar-refractivity contribution in [2.45, 2.75) is 12.8 Å². The second-order valence-corrected chi connectivity index (χ2v) is 9.39. The molecule has 10 nitrogen and oxygen atoms in total. The third kappa shape index (κ3) is 4.80. The fourth-order valence-electron chi connectivity index (χ4n) is 3.51. The molecule has 0 aromatic heterocycles. The van der Waals surface area contributed by atoms with Crippen LogP contribution in [0, 0.1) is 0 Å². The molecule has 2 saturated heterocycles. The van der Waals surface area contributed by atoms with Gasteiger partial charge >= 0.3 is 0 Å². The van der Waals surface area contributed by atoms with Crippen molar-refractivity contribution >= 4 is 33.6 Å². The standard InChI is InChI=1S/C18H25ClN4O6S/c1-28-15-11-13(10-14(19)17(15)29-12-16(20)24)18(25)21-6-8-23(9-7-21)30(26,27)22-4-2-3-5-22/h10-11H,2-9,12H2,1H3,(H2,20,24). The highest BCUT2D eigenvalue weighted by molar-refractivity contribution is 7.86. The van der Waals surface area contributed by atoms with Gasteiger partial charge in [-0.25, -0.2) is 0 Å². The van der Waals surface area contributed by atoms with Crippen LogP contribution in [-0.2, 0) is 15.0 Å². The maximum absolute atomic E-state index is 12.9. The van der Waals surface area contributed by atoms with Crippen LogP contribution in [0.3, 0.4) is 0 Å². The molecule has 0 aliphatic carbocycles. The topological polar surface area (TPSA) is 122 Å². The Morgan fingerprint density at radius 3 is 2.23 bits per heavy atom. The number of piperazine rings is 1. The van der Waals surface area contributed by atoms with Gasteiger partial charge in [-0.3, -0.25) is 9.59 Å². The first kappa shape index (κ1) is 22.6. The normalized spacial score (nSPS) is 18.4. The van der Waals surface area contributed by atoms with Crippen LogP contribution in [0.5, 0.6) is 11.5 Å². The number of carbonyl (C=O) groups excluding carboxylic acids is 2. The van der Waals surface area contributed by atoms with E-state index in [0.717, 1.165) is 12.8 Å². The van der Waals surface area contributed by atoms with E-state index in [0.29, 0.717) is 13.1 Å². The minimum atomic E-state index is -3.48. The van der Waals surface area contributed by atoms with E-state index >= 15 is 0 Å². The van der Waals surface area contributed by atoms with Crippen LogP contribution in [0.2, 0.25) is 5.02 Å². The summed E-state index contributed by atoms with van der Waals surface area (Å²) in [6.45, 7) is 1.72. The van der Waals surface area contributed by atoms with Crippen LogP contribution in [0.25, 0.3) is 0 Å². The third-order valence-corrected chi connectivity index (χ3v) is 7.39. The summed E-state index contributed by atoms with van der Waals surface area (Å²) in [5, 5.41) is 0.106. The van der Waals surface area contributed by atoms with Crippen molar-refractivity contribution in [3.63, 3.8) is 0 Å². The Kier molecular flexibility index (Phi) is 7.06. The molecule has 0 saturated carbocycles. The van der Waals surface area contributed by atoms with Crippen molar-refractivity contribution in [1.29, 1.82) is 0 Å². The molecule has 1 aromatic rings. The number of rotatable bonds is 7. The first-order valence-electron chi connectivity index (χ1n) is 9.57. The first-order valence-corrected chi connectivity index (χ1v) is 11.3. The molecule has 166 valence electrons. The van der Waals surface area contributed by atoms with Crippen molar-refractivity contribution in [2.24, 2.45) is 5.73 Å². The van der Waals surface area contributed by atoms with Gasteiger partial charge < -0.3 is 20.1 Å². The van der Waals surface area contributed by atoms with Crippen LogP contribution in [0.15, 0.2) is 12.1 Å². The summed E-state index contributed by atoms with van der Waals surface area (Å²) in [6.07, 6.45) is 1.75. The predicted octanol–water partition coefficient (Wildman–Crippen LogP) is 0.311. The Hall–Kier alpha value is -2.08. The van der Waals surface area contributed by atoms with Gasteiger partial charge in [0.2, 0.25) is 0 Å². The molecule has 0 atom stereocenters. The van der Waals surface area contributed by atoms with Crippen molar-refractivity contribution in [3.8, 4) is 11.5 Å². The number of methoxy groups -OCH3 is 1. The number of primary amides is 1. The number of nitrogens with two attached hydrogens (primary N) is 1. The van der Waals surface area contributed by atoms with Gasteiger partial charge in [-0.15, -0.1) is 0 Å². The lowest BCUT2D eigenvalue weighted by atomic mass is 10.1. The molecule has 2 aliphatic heterocycles. The minimum absolute atomic E-state index is 0.106. The molecule has 2 heterocycles. The molecule has 0 unspecified atom stereocenters. The van der Waals surface area contributed by atoms with E-state index < -0.39 is 16.1 Å². The van der Waals surface area contributed by atoms with Gasteiger partial charge in [0.1, 0.15) is 0 Å². The zero-order chi connectivity index (χ0) is 21.9. The number of ether oxygens (including phenoxy) is 2. The lowest BCUT2D eigenvalue weighted by Gasteiger charge is -2.35. The smallest absolute Gasteiger partial charge is 0.282 e. The molecule has 0 bridgehead atoms. The van der Waals surface area contributed by atoms with Gasteiger partial charge in [0.15, 0.2) is 18.1 Å². The zero-order valence-electron chi connectivity index (χ0n) is 16.7. The molecule has 2 aliphatic rings. The number of carbonyl (C=O) groups is 2. The highest BCUT2D eigenvalue weighted by Gasteiger charge is 2.35. The molecule has 3 rings (SSSR count). The summed E-state index contributed by atoms with van der Waals surface area (Å²) in [4.78, 5) is 25.5. The van der Waals surface area contributed by atoms with Crippen molar-refractivity contribution < 1.29 is 27.5 Å². The Bertz CT molecular complexity index is 911. The Balaban J connectivity index is 1.69. The monoisotopic (exact) mass is 460 g/mol. The summed E-state index contributed by atoms with van der Waals surface area (Å²) in [5.41, 5.74) is 5.36. The predicted molar refractivity (Wildman–Crippen MR) is 110 cm³/mol. The molecule has 2 N–H and O–H groups in total. The first-order chi connectivity index (χ1) is 14.2. The molecule has 1 aromatic carbocycles. The van der Waals surface area contributed by atoms with Crippen molar-refractivity contribution in [1.82, 2.24) is 13.5 Å². The van der Waals surface area contributed by atoms with E-state index in [9.17, 15) is 18.0 Å². The zero-order valence-corrected chi connectivity index (χ0v) is 18.2. The second-order valence-electron chi connectivity index (χ2n) is 7.05. The highest BCUT2D eigenvalue weighted by Crippen LogP contribution is 2.36. The average Bonchev–Trinajstić information content (AvgIpc) is 3.27. The van der Waals surface area contributed by atoms with Gasteiger partial charge in [0.25, 0.3) is 22.0 Å². The molecule has 2 fully saturated rings. The van der Waals surface area contributed by atoms with Crippen molar-refractivity contribution in [2.75, 3.05) is 53.0 Å². The third-order valence-electron chi connectivity index (χ3n) is 5.08. The largest absolute Gasteiger partial charge is 0.493 e. The molecule has 0 spiro atoms. The molecular formula is C18H25ClN4O6S. The van der Waals surface area contributed by atoms with E-state index in [1.165, 1.54) is 27.9 Å². The van der Waals surface area contributed by atoms with E-state index in [1.54, 1.807) is 4.90 Å². The van der Waals surface area contributed by atoms with Crippen LogP contribution >= 0.6 is 11.6 Å². The van der Waals surface area contributed by atoms with Crippen LogP contribution in [0.4, 0.5) is 0 Å². The fourth-order valence-corrected chi connectivity index (χ4v) is 5.45. The number of benzene rings is 1. The number of amides is 2. The maximum atomic E-state index is 12.9. The van der Waals surface area contributed by atoms with Gasteiger partial charge in [0.05, 0.1) is 12.1 Å². The Morgan fingerprint density at radius 2 is 1.67 bits per heavy atom. The fraction of sp³-hybridized carbons (Fsp3) is 0.556. The van der Waals surface area contributed by atoms with E-state index in [2.05, 4.69) is 0 Å². The molecule has 12 heteroatoms. The van der Waals surface area contributed by atoms with Gasteiger partial charge in [-0.2, -0.15) is 17.0 Å². The molecule has 0 radical (unpaired) electrons. The quantitative estimate of drug-likeness (QED) is 0.624. The lowest BCUT2D eigenvalue weighted by molar-refractivity contribution is -0.119. The van der Waals surface area contributed by atoms with Crippen molar-refractivity contribution in [3.05, 3.63) is 22.7 Å². The number of halogens is 1. The number of hydrogen-bond acceptors (Lipinski definition) is 6. The van der Waals surface area contributed by atoms with Crippen LogP contribution in [0.1, 0.15) is 23.2 Å². The molecular weight excluding hydrogens is 436 g/mol. The number of hydrogen-bond donors (Lipinski definition) is 1. The summed E-state index contributed by atoms with van der Waals surface area (Å²) < 4.78 is 38.8. The number of nitrogens with zero attached hydrogens (tertiary/aromatic N) is 3. The van der Waals surface area contributed by atoms with E-state index in [-0.39, 0.29) is 60.8 Å². The van der Waals surface area contributed by atoms with Crippen LogP contribution in [-0.4, -0.2) is 86.7 Å². The average molecular weight is 461 g/mol. The minimum Gasteiger partial charge on any atom is -0.493 e. The lowest BCUT2D eigenvalue weighted by Crippen LogP contribution is -2.53. The van der Waals surface area contributed by atoms with Gasteiger partial charge in [0, 0.05) is 44.8 Å². The van der Waals surface area contributed by atoms with E-state index in [1.807, 2.05) is 0 Å². The SMILES string of the molecule is COc1cc(C(=O)N2CCN(S(=O)(=O)N3CCCC3)CC2)cc(Cl)c1OCC(N)=O. The van der Waals surface area contributed by atoms with Gasteiger partial charge in [-0.05, 0) is 25.0 Å². The molecule has 30 heavy (non-hydrogen) atoms. The summed E-state index contributed by atoms with van der Waals surface area (Å²) in [7, 11) is -2.09. The summed E-state index contributed by atoms with van der Waals surface area (Å²) >= 11 is 6.21. The molecule has 2 amide bonds. The van der Waals surface area contributed by atoms with Gasteiger partial charge in [-0.1, -0.05) is 11.6 Å².